The standard InChI is InChI=1S/C13H15NO6S/c1-2-21(17,18)11-10(13(11,14)12(15)16)7-3-4-8-9(5-7)20-6-19-8/h3-5,10-11H,2,6,14H2,1H3,(H,15,16)/t10-,11-,13+/m1/s1. The second kappa shape index (κ2) is 4.35. The highest BCUT2D eigenvalue weighted by atomic mass is 32.2. The summed E-state index contributed by atoms with van der Waals surface area (Å²) in [5, 5.41) is 8.20. The van der Waals surface area contributed by atoms with Crippen LogP contribution < -0.4 is 15.2 Å². The van der Waals surface area contributed by atoms with E-state index in [4.69, 9.17) is 15.2 Å². The highest BCUT2D eigenvalue weighted by Crippen LogP contribution is 2.55. The number of carbonyl (C=O) groups is 1. The van der Waals surface area contributed by atoms with E-state index in [9.17, 15) is 18.3 Å². The molecule has 1 fully saturated rings. The van der Waals surface area contributed by atoms with Gasteiger partial charge in [-0.1, -0.05) is 13.0 Å². The van der Waals surface area contributed by atoms with Crippen LogP contribution in [0.15, 0.2) is 18.2 Å². The summed E-state index contributed by atoms with van der Waals surface area (Å²) in [5.41, 5.74) is 4.61. The molecule has 0 radical (unpaired) electrons. The van der Waals surface area contributed by atoms with Gasteiger partial charge in [-0.2, -0.15) is 0 Å². The van der Waals surface area contributed by atoms with Gasteiger partial charge in [-0.15, -0.1) is 0 Å². The molecular weight excluding hydrogens is 298 g/mol. The van der Waals surface area contributed by atoms with Crippen molar-refractivity contribution in [2.45, 2.75) is 23.6 Å². The van der Waals surface area contributed by atoms with E-state index in [2.05, 4.69) is 0 Å². The van der Waals surface area contributed by atoms with Gasteiger partial charge in [-0.3, -0.25) is 4.79 Å². The predicted molar refractivity (Wildman–Crippen MR) is 73.1 cm³/mol. The number of benzene rings is 1. The van der Waals surface area contributed by atoms with E-state index >= 15 is 0 Å². The predicted octanol–water partition coefficient (Wildman–Crippen LogP) is 0.0979. The first kappa shape index (κ1) is 14.2. The molecule has 1 aliphatic heterocycles. The number of hydrogen-bond donors (Lipinski definition) is 2. The van der Waals surface area contributed by atoms with E-state index in [0.29, 0.717) is 17.1 Å². The van der Waals surface area contributed by atoms with Crippen LogP contribution in [0.25, 0.3) is 0 Å². The molecule has 3 N–H and O–H groups in total. The molecule has 1 saturated carbocycles. The summed E-state index contributed by atoms with van der Waals surface area (Å²) in [7, 11) is -3.57. The molecule has 1 aromatic rings. The van der Waals surface area contributed by atoms with E-state index < -0.39 is 32.5 Å². The van der Waals surface area contributed by atoms with Gasteiger partial charge < -0.3 is 20.3 Å². The van der Waals surface area contributed by atoms with Gasteiger partial charge in [0.25, 0.3) is 0 Å². The molecule has 0 bridgehead atoms. The zero-order chi connectivity index (χ0) is 15.4. The third-order valence-corrected chi connectivity index (χ3v) is 6.34. The van der Waals surface area contributed by atoms with Crippen LogP contribution >= 0.6 is 0 Å². The highest BCUT2D eigenvalue weighted by Gasteiger charge is 2.73. The number of rotatable bonds is 4. The summed E-state index contributed by atoms with van der Waals surface area (Å²) in [5.74, 6) is -1.22. The second-order valence-electron chi connectivity index (χ2n) is 5.20. The molecule has 114 valence electrons. The van der Waals surface area contributed by atoms with Crippen LogP contribution in [0.2, 0.25) is 0 Å². The average Bonchev–Trinajstić information content (AvgIpc) is 2.87. The first-order chi connectivity index (χ1) is 9.82. The minimum Gasteiger partial charge on any atom is -0.480 e. The third kappa shape index (κ3) is 1.90. The van der Waals surface area contributed by atoms with Crippen LogP contribution in [0.3, 0.4) is 0 Å². The summed E-state index contributed by atoms with van der Waals surface area (Å²) in [4.78, 5) is 11.4. The maximum Gasteiger partial charge on any atom is 0.325 e. The number of aliphatic carboxylic acids is 1. The topological polar surface area (TPSA) is 116 Å². The van der Waals surface area contributed by atoms with Crippen molar-refractivity contribution >= 4 is 15.8 Å². The van der Waals surface area contributed by atoms with E-state index in [1.165, 1.54) is 6.92 Å². The van der Waals surface area contributed by atoms with Gasteiger partial charge in [0, 0.05) is 11.7 Å². The van der Waals surface area contributed by atoms with Crippen molar-refractivity contribution < 1.29 is 27.8 Å². The zero-order valence-electron chi connectivity index (χ0n) is 11.3. The quantitative estimate of drug-likeness (QED) is 0.809. The Morgan fingerprint density at radius 1 is 1.43 bits per heavy atom. The molecular formula is C13H15NO6S. The van der Waals surface area contributed by atoms with Crippen molar-refractivity contribution in [3.63, 3.8) is 0 Å². The number of sulfone groups is 1. The van der Waals surface area contributed by atoms with Crippen LogP contribution in [0, 0.1) is 0 Å². The number of carboxylic acid groups (broad SMARTS) is 1. The molecule has 21 heavy (non-hydrogen) atoms. The molecule has 1 aromatic carbocycles. The smallest absolute Gasteiger partial charge is 0.325 e. The van der Waals surface area contributed by atoms with E-state index in [0.717, 1.165) is 0 Å². The Bertz CT molecular complexity index is 715. The number of hydrogen-bond acceptors (Lipinski definition) is 6. The molecule has 8 heteroatoms. The van der Waals surface area contributed by atoms with Crippen molar-refractivity contribution in [1.82, 2.24) is 0 Å². The lowest BCUT2D eigenvalue weighted by Crippen LogP contribution is -2.40. The number of fused-ring (bicyclic) bond motifs is 1. The molecule has 0 spiro atoms. The lowest BCUT2D eigenvalue weighted by Gasteiger charge is -2.05. The van der Waals surface area contributed by atoms with Gasteiger partial charge in [0.1, 0.15) is 5.54 Å². The molecule has 1 heterocycles. The minimum atomic E-state index is -3.57. The monoisotopic (exact) mass is 313 g/mol. The first-order valence-corrected chi connectivity index (χ1v) is 8.17. The maximum absolute atomic E-state index is 12.1. The van der Waals surface area contributed by atoms with E-state index in [1.807, 2.05) is 0 Å². The molecule has 3 atom stereocenters. The lowest BCUT2D eigenvalue weighted by molar-refractivity contribution is -0.139. The maximum atomic E-state index is 12.1. The summed E-state index contributed by atoms with van der Waals surface area (Å²) in [6.45, 7) is 1.57. The van der Waals surface area contributed by atoms with Gasteiger partial charge >= 0.3 is 5.97 Å². The molecule has 0 amide bonds. The minimum absolute atomic E-state index is 0.0901. The fraction of sp³-hybridized carbons (Fsp3) is 0.462. The second-order valence-corrected chi connectivity index (χ2v) is 7.61. The van der Waals surface area contributed by atoms with Gasteiger partial charge in [-0.05, 0) is 17.7 Å². The highest BCUT2D eigenvalue weighted by molar-refractivity contribution is 7.92. The van der Waals surface area contributed by atoms with E-state index in [1.54, 1.807) is 18.2 Å². The van der Waals surface area contributed by atoms with Crippen molar-refractivity contribution in [3.8, 4) is 11.5 Å². The van der Waals surface area contributed by atoms with Gasteiger partial charge in [0.05, 0.1) is 5.25 Å². The molecule has 2 aliphatic rings. The summed E-state index contributed by atoms with van der Waals surface area (Å²) < 4.78 is 34.6. The Morgan fingerprint density at radius 2 is 2.10 bits per heavy atom. The number of carboxylic acids is 1. The Kier molecular flexibility index (Phi) is 2.93. The Labute approximate surface area is 121 Å². The van der Waals surface area contributed by atoms with Gasteiger partial charge in [-0.25, -0.2) is 8.42 Å². The number of ether oxygens (including phenoxy) is 2. The summed E-state index contributed by atoms with van der Waals surface area (Å²) in [6.07, 6.45) is 0. The third-order valence-electron chi connectivity index (χ3n) is 4.09. The summed E-state index contributed by atoms with van der Waals surface area (Å²) >= 11 is 0. The molecule has 0 saturated heterocycles. The van der Waals surface area contributed by atoms with Crippen molar-refractivity contribution in [3.05, 3.63) is 23.8 Å². The van der Waals surface area contributed by atoms with Crippen molar-refractivity contribution in [2.75, 3.05) is 12.5 Å². The van der Waals surface area contributed by atoms with Crippen LogP contribution in [-0.2, 0) is 14.6 Å². The number of nitrogens with two attached hydrogens (primary N) is 1. The van der Waals surface area contributed by atoms with Gasteiger partial charge in [0.2, 0.25) is 6.79 Å². The normalized spacial score (nSPS) is 30.2. The molecule has 0 aromatic heterocycles. The van der Waals surface area contributed by atoms with E-state index in [-0.39, 0.29) is 12.5 Å². The van der Waals surface area contributed by atoms with Crippen LogP contribution in [0.4, 0.5) is 0 Å². The fourth-order valence-corrected chi connectivity index (χ4v) is 4.79. The molecule has 7 nitrogen and oxygen atoms in total. The molecule has 0 unspecified atom stereocenters. The SMILES string of the molecule is CCS(=O)(=O)[C@@H]1[C@@H](c2ccc3c(c2)OCO3)[C@@]1(N)C(=O)O. The summed E-state index contributed by atoms with van der Waals surface area (Å²) in [6, 6.07) is 4.87. The van der Waals surface area contributed by atoms with Crippen LogP contribution in [0.5, 0.6) is 11.5 Å². The fourth-order valence-electron chi connectivity index (χ4n) is 2.87. The van der Waals surface area contributed by atoms with Crippen molar-refractivity contribution in [1.29, 1.82) is 0 Å². The van der Waals surface area contributed by atoms with Crippen LogP contribution in [0.1, 0.15) is 18.4 Å². The molecule has 3 rings (SSSR count). The van der Waals surface area contributed by atoms with Crippen LogP contribution in [-0.4, -0.2) is 42.8 Å². The lowest BCUT2D eigenvalue weighted by atomic mass is 10.1. The first-order valence-electron chi connectivity index (χ1n) is 6.45. The largest absolute Gasteiger partial charge is 0.480 e. The molecule has 1 aliphatic carbocycles. The average molecular weight is 313 g/mol. The Morgan fingerprint density at radius 3 is 2.71 bits per heavy atom. The van der Waals surface area contributed by atoms with Crippen molar-refractivity contribution in [2.24, 2.45) is 5.73 Å². The Balaban J connectivity index is 2.03. The Hall–Kier alpha value is -1.80. The zero-order valence-corrected chi connectivity index (χ0v) is 12.1. The van der Waals surface area contributed by atoms with Gasteiger partial charge in [0.15, 0.2) is 21.3 Å².